The fraction of sp³-hybridized carbons (Fsp3) is 0.143. The van der Waals surface area contributed by atoms with Gasteiger partial charge in [0.15, 0.2) is 11.0 Å². The SMILES string of the molecule is c1cnc(SCc2ncon2)nc1. The summed E-state index contributed by atoms with van der Waals surface area (Å²) in [5.74, 6) is 1.28. The van der Waals surface area contributed by atoms with Gasteiger partial charge in [-0.25, -0.2) is 9.97 Å². The molecule has 0 aromatic carbocycles. The zero-order valence-electron chi connectivity index (χ0n) is 6.62. The Balaban J connectivity index is 1.94. The summed E-state index contributed by atoms with van der Waals surface area (Å²) in [5.41, 5.74) is 0. The molecule has 0 spiro atoms. The molecule has 0 unspecified atom stereocenters. The normalized spacial score (nSPS) is 10.2. The summed E-state index contributed by atoms with van der Waals surface area (Å²) in [5, 5.41) is 4.38. The topological polar surface area (TPSA) is 64.7 Å². The van der Waals surface area contributed by atoms with E-state index in [9.17, 15) is 0 Å². The van der Waals surface area contributed by atoms with E-state index in [2.05, 4.69) is 24.6 Å². The highest BCUT2D eigenvalue weighted by Crippen LogP contribution is 2.15. The number of hydrogen-bond acceptors (Lipinski definition) is 6. The summed E-state index contributed by atoms with van der Waals surface area (Å²) >= 11 is 1.47. The van der Waals surface area contributed by atoms with Crippen LogP contribution in [-0.2, 0) is 5.75 Å². The van der Waals surface area contributed by atoms with Gasteiger partial charge < -0.3 is 4.52 Å². The van der Waals surface area contributed by atoms with Gasteiger partial charge in [-0.15, -0.1) is 0 Å². The Labute approximate surface area is 78.6 Å². The molecule has 0 radical (unpaired) electrons. The van der Waals surface area contributed by atoms with Gasteiger partial charge in [0.25, 0.3) is 0 Å². The van der Waals surface area contributed by atoms with E-state index in [4.69, 9.17) is 0 Å². The van der Waals surface area contributed by atoms with Crippen LogP contribution in [0.15, 0.2) is 34.5 Å². The highest BCUT2D eigenvalue weighted by Gasteiger charge is 2.00. The fourth-order valence-electron chi connectivity index (χ4n) is 0.745. The van der Waals surface area contributed by atoms with Crippen LogP contribution in [0.2, 0.25) is 0 Å². The lowest BCUT2D eigenvalue weighted by Crippen LogP contribution is -1.87. The molecule has 2 rings (SSSR count). The van der Waals surface area contributed by atoms with Crippen LogP contribution in [0.5, 0.6) is 0 Å². The Morgan fingerprint density at radius 1 is 1.23 bits per heavy atom. The summed E-state index contributed by atoms with van der Waals surface area (Å²) in [6.45, 7) is 0. The first kappa shape index (κ1) is 8.18. The van der Waals surface area contributed by atoms with E-state index in [1.54, 1.807) is 18.5 Å². The maximum atomic E-state index is 4.59. The molecule has 0 bridgehead atoms. The van der Waals surface area contributed by atoms with E-state index in [-0.39, 0.29) is 0 Å². The summed E-state index contributed by atoms with van der Waals surface area (Å²) in [4.78, 5) is 12.0. The summed E-state index contributed by atoms with van der Waals surface area (Å²) in [6.07, 6.45) is 4.71. The molecule has 0 saturated carbocycles. The number of nitrogens with zero attached hydrogens (tertiary/aromatic N) is 4. The molecule has 0 atom stereocenters. The maximum Gasteiger partial charge on any atom is 0.213 e. The molecule has 2 aromatic rings. The minimum atomic E-state index is 0.626. The number of aromatic nitrogens is 4. The van der Waals surface area contributed by atoms with Gasteiger partial charge in [0.1, 0.15) is 0 Å². The smallest absolute Gasteiger partial charge is 0.213 e. The highest BCUT2D eigenvalue weighted by molar-refractivity contribution is 7.98. The van der Waals surface area contributed by atoms with E-state index in [1.807, 2.05) is 0 Å². The van der Waals surface area contributed by atoms with Crippen molar-refractivity contribution < 1.29 is 4.52 Å². The highest BCUT2D eigenvalue weighted by atomic mass is 32.2. The van der Waals surface area contributed by atoms with Gasteiger partial charge in [0, 0.05) is 12.4 Å². The molecule has 0 amide bonds. The molecular weight excluding hydrogens is 188 g/mol. The van der Waals surface area contributed by atoms with Crippen LogP contribution >= 0.6 is 11.8 Å². The molecule has 6 heteroatoms. The maximum absolute atomic E-state index is 4.59. The van der Waals surface area contributed by atoms with Gasteiger partial charge in [-0.1, -0.05) is 16.9 Å². The van der Waals surface area contributed by atoms with Crippen molar-refractivity contribution in [3.8, 4) is 0 Å². The Bertz CT molecular complexity index is 350. The first-order valence-electron chi connectivity index (χ1n) is 3.60. The lowest BCUT2D eigenvalue weighted by atomic mass is 10.7. The van der Waals surface area contributed by atoms with Gasteiger partial charge in [-0.2, -0.15) is 4.98 Å². The van der Waals surface area contributed by atoms with Crippen molar-refractivity contribution in [2.45, 2.75) is 10.9 Å². The minimum Gasteiger partial charge on any atom is -0.343 e. The third kappa shape index (κ3) is 2.25. The van der Waals surface area contributed by atoms with E-state index >= 15 is 0 Å². The molecule has 5 nitrogen and oxygen atoms in total. The molecule has 0 N–H and O–H groups in total. The fourth-order valence-corrected chi connectivity index (χ4v) is 1.40. The van der Waals surface area contributed by atoms with Gasteiger partial charge >= 0.3 is 0 Å². The predicted molar refractivity (Wildman–Crippen MR) is 45.9 cm³/mol. The first-order chi connectivity index (χ1) is 6.45. The standard InChI is InChI=1S/C7H6N4OS/c1-2-8-7(9-3-1)13-4-6-10-5-12-11-6/h1-3,5H,4H2. The molecule has 0 fully saturated rings. The molecule has 2 aromatic heterocycles. The summed E-state index contributed by atoms with van der Waals surface area (Å²) in [6, 6.07) is 1.78. The van der Waals surface area contributed by atoms with E-state index < -0.39 is 0 Å². The third-order valence-electron chi connectivity index (χ3n) is 1.28. The molecular formula is C7H6N4OS. The molecule has 0 aliphatic carbocycles. The average Bonchev–Trinajstić information content (AvgIpc) is 2.69. The van der Waals surface area contributed by atoms with Crippen LogP contribution in [0, 0.1) is 0 Å². The number of hydrogen-bond donors (Lipinski definition) is 0. The monoisotopic (exact) mass is 194 g/mol. The van der Waals surface area contributed by atoms with Crippen molar-refractivity contribution in [1.82, 2.24) is 20.1 Å². The molecule has 0 aliphatic heterocycles. The Hall–Kier alpha value is -1.43. The van der Waals surface area contributed by atoms with E-state index in [1.165, 1.54) is 18.2 Å². The van der Waals surface area contributed by atoms with Crippen LogP contribution in [0.25, 0.3) is 0 Å². The Morgan fingerprint density at radius 3 is 2.77 bits per heavy atom. The minimum absolute atomic E-state index is 0.626. The second kappa shape index (κ2) is 3.99. The lowest BCUT2D eigenvalue weighted by molar-refractivity contribution is 0.412. The molecule has 13 heavy (non-hydrogen) atoms. The van der Waals surface area contributed by atoms with E-state index in [0.717, 1.165) is 0 Å². The van der Waals surface area contributed by atoms with Crippen LogP contribution in [0.4, 0.5) is 0 Å². The number of rotatable bonds is 3. The first-order valence-corrected chi connectivity index (χ1v) is 4.59. The van der Waals surface area contributed by atoms with E-state index in [0.29, 0.717) is 16.7 Å². The van der Waals surface area contributed by atoms with Crippen LogP contribution in [-0.4, -0.2) is 20.1 Å². The van der Waals surface area contributed by atoms with Gasteiger partial charge in [-0.3, -0.25) is 0 Å². The molecule has 0 aliphatic rings. The third-order valence-corrected chi connectivity index (χ3v) is 2.15. The second-order valence-corrected chi connectivity index (χ2v) is 3.11. The summed E-state index contributed by atoms with van der Waals surface area (Å²) < 4.78 is 4.59. The second-order valence-electron chi connectivity index (χ2n) is 2.17. The van der Waals surface area contributed by atoms with Gasteiger partial charge in [-0.05, 0) is 6.07 Å². The van der Waals surface area contributed by atoms with Crippen molar-refractivity contribution in [1.29, 1.82) is 0 Å². The zero-order chi connectivity index (χ0) is 8.93. The number of thioether (sulfide) groups is 1. The quantitative estimate of drug-likeness (QED) is 0.539. The molecule has 66 valence electrons. The van der Waals surface area contributed by atoms with Crippen LogP contribution < -0.4 is 0 Å². The van der Waals surface area contributed by atoms with Gasteiger partial charge in [0.05, 0.1) is 5.75 Å². The van der Waals surface area contributed by atoms with Crippen LogP contribution in [0.1, 0.15) is 5.82 Å². The van der Waals surface area contributed by atoms with Crippen molar-refractivity contribution in [3.05, 3.63) is 30.7 Å². The molecule has 0 saturated heterocycles. The van der Waals surface area contributed by atoms with Crippen molar-refractivity contribution in [3.63, 3.8) is 0 Å². The van der Waals surface area contributed by atoms with Crippen molar-refractivity contribution >= 4 is 11.8 Å². The Morgan fingerprint density at radius 2 is 2.08 bits per heavy atom. The summed E-state index contributed by atoms with van der Waals surface area (Å²) in [7, 11) is 0. The lowest BCUT2D eigenvalue weighted by Gasteiger charge is -1.93. The molecule has 2 heterocycles. The average molecular weight is 194 g/mol. The zero-order valence-corrected chi connectivity index (χ0v) is 7.44. The predicted octanol–water partition coefficient (Wildman–Crippen LogP) is 1.15. The largest absolute Gasteiger partial charge is 0.343 e. The Kier molecular flexibility index (Phi) is 2.51. The van der Waals surface area contributed by atoms with Crippen molar-refractivity contribution in [2.24, 2.45) is 0 Å². The van der Waals surface area contributed by atoms with Crippen LogP contribution in [0.3, 0.4) is 0 Å². The van der Waals surface area contributed by atoms with Crippen molar-refractivity contribution in [2.75, 3.05) is 0 Å². The van der Waals surface area contributed by atoms with Gasteiger partial charge in [0.2, 0.25) is 6.39 Å².